The summed E-state index contributed by atoms with van der Waals surface area (Å²) in [6.45, 7) is 5.32. The van der Waals surface area contributed by atoms with Gasteiger partial charge in [0.2, 0.25) is 0 Å². The van der Waals surface area contributed by atoms with Crippen LogP contribution >= 0.6 is 22.6 Å². The predicted octanol–water partition coefficient (Wildman–Crippen LogP) is 4.45. The summed E-state index contributed by atoms with van der Waals surface area (Å²) in [6, 6.07) is 0. The Labute approximate surface area is 121 Å². The second kappa shape index (κ2) is 11.7. The van der Waals surface area contributed by atoms with Crippen molar-refractivity contribution in [2.24, 2.45) is 5.92 Å². The van der Waals surface area contributed by atoms with Gasteiger partial charge in [0.15, 0.2) is 0 Å². The minimum Gasteiger partial charge on any atom is -0.384 e. The first-order chi connectivity index (χ1) is 8.19. The largest absolute Gasteiger partial charge is 0.384 e. The van der Waals surface area contributed by atoms with Crippen molar-refractivity contribution in [3.63, 3.8) is 0 Å². The molecule has 0 aromatic heterocycles. The average molecular weight is 356 g/mol. The van der Waals surface area contributed by atoms with Crippen molar-refractivity contribution < 1.29 is 9.47 Å². The fraction of sp³-hybridized carbons (Fsp3) is 1.00. The number of alkyl halides is 1. The molecule has 0 aliphatic carbocycles. The van der Waals surface area contributed by atoms with E-state index >= 15 is 0 Å². The van der Waals surface area contributed by atoms with Gasteiger partial charge in [-0.15, -0.1) is 0 Å². The molecule has 2 nitrogen and oxygen atoms in total. The summed E-state index contributed by atoms with van der Waals surface area (Å²) in [5, 5.41) is 0. The van der Waals surface area contributed by atoms with Crippen LogP contribution < -0.4 is 0 Å². The lowest BCUT2D eigenvalue weighted by molar-refractivity contribution is 0.00549. The Hall–Kier alpha value is 0.650. The van der Waals surface area contributed by atoms with Crippen LogP contribution in [0.25, 0.3) is 0 Å². The molecule has 0 heterocycles. The topological polar surface area (TPSA) is 18.5 Å². The molecule has 0 spiro atoms. The highest BCUT2D eigenvalue weighted by atomic mass is 127. The van der Waals surface area contributed by atoms with Crippen LogP contribution in [0.2, 0.25) is 0 Å². The highest BCUT2D eigenvalue weighted by molar-refractivity contribution is 14.1. The van der Waals surface area contributed by atoms with Crippen molar-refractivity contribution in [2.75, 3.05) is 20.8 Å². The summed E-state index contributed by atoms with van der Waals surface area (Å²) in [5.41, 5.74) is 0. The lowest BCUT2D eigenvalue weighted by Crippen LogP contribution is -2.29. The number of halogens is 1. The van der Waals surface area contributed by atoms with Gasteiger partial charge in [-0.2, -0.15) is 0 Å². The van der Waals surface area contributed by atoms with E-state index in [0.717, 1.165) is 13.0 Å². The van der Waals surface area contributed by atoms with Crippen LogP contribution in [0.1, 0.15) is 52.4 Å². The fourth-order valence-electron chi connectivity index (χ4n) is 2.15. The van der Waals surface area contributed by atoms with Gasteiger partial charge in [0.05, 0.1) is 12.7 Å². The van der Waals surface area contributed by atoms with Gasteiger partial charge in [-0.05, 0) is 19.3 Å². The SMILES string of the molecule is CCCCCC(COC)C(CC(I)CC)OC. The van der Waals surface area contributed by atoms with E-state index < -0.39 is 0 Å². The van der Waals surface area contributed by atoms with Gasteiger partial charge >= 0.3 is 0 Å². The maximum atomic E-state index is 5.68. The van der Waals surface area contributed by atoms with Crippen molar-refractivity contribution in [1.82, 2.24) is 0 Å². The van der Waals surface area contributed by atoms with Gasteiger partial charge < -0.3 is 9.47 Å². The molecule has 0 saturated heterocycles. The first kappa shape index (κ1) is 17.6. The third-order valence-electron chi connectivity index (χ3n) is 3.32. The summed E-state index contributed by atoms with van der Waals surface area (Å²) in [4.78, 5) is 0. The van der Waals surface area contributed by atoms with Crippen LogP contribution in [0.3, 0.4) is 0 Å². The zero-order chi connectivity index (χ0) is 13.1. The number of ether oxygens (including phenoxy) is 2. The van der Waals surface area contributed by atoms with E-state index in [1.54, 1.807) is 7.11 Å². The van der Waals surface area contributed by atoms with Crippen LogP contribution in [0.4, 0.5) is 0 Å². The molecule has 0 aromatic carbocycles. The Balaban J connectivity index is 4.19. The molecule has 0 fully saturated rings. The number of hydrogen-bond donors (Lipinski definition) is 0. The summed E-state index contributed by atoms with van der Waals surface area (Å²) in [5.74, 6) is 0.556. The standard InChI is InChI=1S/C14H29IO2/c1-5-7-8-9-12(11-16-3)14(17-4)10-13(15)6-2/h12-14H,5-11H2,1-4H3. The van der Waals surface area contributed by atoms with Crippen molar-refractivity contribution in [1.29, 1.82) is 0 Å². The van der Waals surface area contributed by atoms with Gasteiger partial charge in [0, 0.05) is 24.1 Å². The predicted molar refractivity (Wildman–Crippen MR) is 83.0 cm³/mol. The molecule has 3 atom stereocenters. The van der Waals surface area contributed by atoms with Gasteiger partial charge in [-0.25, -0.2) is 0 Å². The van der Waals surface area contributed by atoms with Gasteiger partial charge in [0.25, 0.3) is 0 Å². The molecule has 0 saturated carbocycles. The van der Waals surface area contributed by atoms with E-state index in [4.69, 9.17) is 9.47 Å². The second-order valence-corrected chi connectivity index (χ2v) is 6.49. The van der Waals surface area contributed by atoms with Gasteiger partial charge in [-0.3, -0.25) is 0 Å². The molecular formula is C14H29IO2. The number of unbranched alkanes of at least 4 members (excludes halogenated alkanes) is 2. The van der Waals surface area contributed by atoms with E-state index in [-0.39, 0.29) is 0 Å². The van der Waals surface area contributed by atoms with Crippen LogP contribution in [0, 0.1) is 5.92 Å². The highest BCUT2D eigenvalue weighted by Gasteiger charge is 2.23. The van der Waals surface area contributed by atoms with Crippen molar-refractivity contribution in [3.8, 4) is 0 Å². The van der Waals surface area contributed by atoms with Crippen LogP contribution in [0.15, 0.2) is 0 Å². The molecule has 0 aliphatic rings. The fourth-order valence-corrected chi connectivity index (χ4v) is 2.65. The Kier molecular flexibility index (Phi) is 12.2. The van der Waals surface area contributed by atoms with E-state index in [0.29, 0.717) is 15.9 Å². The maximum absolute atomic E-state index is 5.68. The maximum Gasteiger partial charge on any atom is 0.0631 e. The van der Waals surface area contributed by atoms with Gasteiger partial charge in [-0.1, -0.05) is 55.7 Å². The number of methoxy groups -OCH3 is 2. The molecule has 3 heteroatoms. The van der Waals surface area contributed by atoms with E-state index in [2.05, 4.69) is 36.4 Å². The molecule has 0 amide bonds. The highest BCUT2D eigenvalue weighted by Crippen LogP contribution is 2.24. The number of hydrogen-bond acceptors (Lipinski definition) is 2. The Morgan fingerprint density at radius 3 is 2.29 bits per heavy atom. The lowest BCUT2D eigenvalue weighted by Gasteiger charge is -2.27. The van der Waals surface area contributed by atoms with Crippen LogP contribution in [-0.2, 0) is 9.47 Å². The summed E-state index contributed by atoms with van der Waals surface area (Å²) in [6.07, 6.45) is 7.84. The zero-order valence-corrected chi connectivity index (χ0v) is 14.0. The molecule has 0 N–H and O–H groups in total. The molecule has 0 rings (SSSR count). The molecule has 0 bridgehead atoms. The minimum atomic E-state index is 0.355. The van der Waals surface area contributed by atoms with Gasteiger partial charge in [0.1, 0.15) is 0 Å². The summed E-state index contributed by atoms with van der Waals surface area (Å²) in [7, 11) is 3.63. The molecule has 17 heavy (non-hydrogen) atoms. The second-order valence-electron chi connectivity index (χ2n) is 4.73. The third-order valence-corrected chi connectivity index (χ3v) is 4.71. The molecular weight excluding hydrogens is 327 g/mol. The normalized spacial score (nSPS) is 16.8. The lowest BCUT2D eigenvalue weighted by atomic mass is 9.92. The Morgan fingerprint density at radius 2 is 1.82 bits per heavy atom. The smallest absolute Gasteiger partial charge is 0.0631 e. The van der Waals surface area contributed by atoms with E-state index in [1.165, 1.54) is 32.1 Å². The zero-order valence-electron chi connectivity index (χ0n) is 11.9. The first-order valence-electron chi connectivity index (χ1n) is 6.85. The monoisotopic (exact) mass is 356 g/mol. The summed E-state index contributed by atoms with van der Waals surface area (Å²) < 4.78 is 11.7. The average Bonchev–Trinajstić information content (AvgIpc) is 2.35. The quantitative estimate of drug-likeness (QED) is 0.309. The summed E-state index contributed by atoms with van der Waals surface area (Å²) >= 11 is 2.53. The van der Waals surface area contributed by atoms with Crippen LogP contribution in [-0.4, -0.2) is 30.9 Å². The Morgan fingerprint density at radius 1 is 1.12 bits per heavy atom. The first-order valence-corrected chi connectivity index (χ1v) is 8.09. The van der Waals surface area contributed by atoms with Crippen molar-refractivity contribution in [3.05, 3.63) is 0 Å². The minimum absolute atomic E-state index is 0.355. The molecule has 3 unspecified atom stereocenters. The van der Waals surface area contributed by atoms with Crippen molar-refractivity contribution in [2.45, 2.75) is 62.4 Å². The Bertz CT molecular complexity index is 164. The number of rotatable bonds is 11. The third kappa shape index (κ3) is 8.38. The molecule has 104 valence electrons. The van der Waals surface area contributed by atoms with E-state index in [1.807, 2.05) is 7.11 Å². The molecule has 0 aromatic rings. The van der Waals surface area contributed by atoms with Crippen LogP contribution in [0.5, 0.6) is 0 Å². The molecule has 0 aliphatic heterocycles. The van der Waals surface area contributed by atoms with Crippen molar-refractivity contribution >= 4 is 22.6 Å². The molecule has 0 radical (unpaired) electrons. The van der Waals surface area contributed by atoms with E-state index in [9.17, 15) is 0 Å².